The summed E-state index contributed by atoms with van der Waals surface area (Å²) in [6, 6.07) is 19.3. The molecule has 0 aliphatic rings. The third-order valence-electron chi connectivity index (χ3n) is 2.28. The van der Waals surface area contributed by atoms with Crippen LogP contribution in [0.15, 0.2) is 64.4 Å². The summed E-state index contributed by atoms with van der Waals surface area (Å²) >= 11 is 3.68. The Hall–Kier alpha value is -0.860. The Kier molecular flexibility index (Phi) is 4.37. The first-order valence-corrected chi connectivity index (χ1v) is 7.40. The normalized spacial score (nSPS) is 10.3. The number of hydrogen-bond acceptors (Lipinski definition) is 2. The fraction of sp³-hybridized carbons (Fsp3) is 0.143. The van der Waals surface area contributed by atoms with Gasteiger partial charge in [0.05, 0.1) is 0 Å². The van der Waals surface area contributed by atoms with Crippen molar-refractivity contribution < 1.29 is 0 Å². The second kappa shape index (κ2) is 6.02. The monoisotopic (exact) mass is 246 g/mol. The predicted molar refractivity (Wildman–Crippen MR) is 74.2 cm³/mol. The van der Waals surface area contributed by atoms with E-state index in [0.29, 0.717) is 0 Å². The lowest BCUT2D eigenvalue weighted by Gasteiger charge is -2.03. The van der Waals surface area contributed by atoms with Crippen LogP contribution in [0.3, 0.4) is 0 Å². The molecule has 0 N–H and O–H groups in total. The van der Waals surface area contributed by atoms with E-state index in [9.17, 15) is 0 Å². The average Bonchev–Trinajstić information content (AvgIpc) is 2.38. The van der Waals surface area contributed by atoms with Crippen molar-refractivity contribution >= 4 is 23.5 Å². The first kappa shape index (κ1) is 11.6. The molecule has 0 radical (unpaired) electrons. The van der Waals surface area contributed by atoms with Crippen LogP contribution in [0.5, 0.6) is 0 Å². The fourth-order valence-corrected chi connectivity index (χ4v) is 2.79. The molecule has 0 aliphatic carbocycles. The van der Waals surface area contributed by atoms with E-state index < -0.39 is 0 Å². The van der Waals surface area contributed by atoms with E-state index in [2.05, 4.69) is 60.9 Å². The molecule has 0 spiro atoms. The molecule has 0 amide bonds. The third kappa shape index (κ3) is 3.32. The minimum Gasteiger partial charge on any atom is -0.130 e. The van der Waals surface area contributed by atoms with Gasteiger partial charge in [-0.1, -0.05) is 30.3 Å². The molecule has 0 fully saturated rings. The van der Waals surface area contributed by atoms with E-state index in [-0.39, 0.29) is 0 Å². The summed E-state index contributed by atoms with van der Waals surface area (Å²) in [4.78, 5) is 2.67. The van der Waals surface area contributed by atoms with Crippen LogP contribution < -0.4 is 0 Å². The highest BCUT2D eigenvalue weighted by molar-refractivity contribution is 7.99. The summed E-state index contributed by atoms with van der Waals surface area (Å²) in [6.45, 7) is 0. The molecular weight excluding hydrogens is 232 g/mol. The zero-order valence-corrected chi connectivity index (χ0v) is 10.9. The van der Waals surface area contributed by atoms with Gasteiger partial charge >= 0.3 is 0 Å². The smallest absolute Gasteiger partial charge is 0.0232 e. The van der Waals surface area contributed by atoms with E-state index in [0.717, 1.165) is 5.75 Å². The minimum absolute atomic E-state index is 1.04. The van der Waals surface area contributed by atoms with Crippen molar-refractivity contribution in [3.05, 3.63) is 60.2 Å². The Morgan fingerprint density at radius 1 is 0.875 bits per heavy atom. The van der Waals surface area contributed by atoms with Crippen LogP contribution >= 0.6 is 23.5 Å². The van der Waals surface area contributed by atoms with Crippen LogP contribution in [0.25, 0.3) is 0 Å². The molecule has 0 aliphatic heterocycles. The van der Waals surface area contributed by atoms with Crippen LogP contribution in [-0.4, -0.2) is 6.26 Å². The Morgan fingerprint density at radius 2 is 1.62 bits per heavy atom. The molecule has 2 heteroatoms. The Bertz CT molecular complexity index is 437. The van der Waals surface area contributed by atoms with Gasteiger partial charge in [-0.3, -0.25) is 0 Å². The van der Waals surface area contributed by atoms with E-state index in [1.165, 1.54) is 15.4 Å². The van der Waals surface area contributed by atoms with Crippen LogP contribution in [0.1, 0.15) is 5.56 Å². The van der Waals surface area contributed by atoms with E-state index >= 15 is 0 Å². The molecule has 0 saturated carbocycles. The van der Waals surface area contributed by atoms with E-state index in [4.69, 9.17) is 0 Å². The van der Waals surface area contributed by atoms with Crippen molar-refractivity contribution in [1.82, 2.24) is 0 Å². The average molecular weight is 246 g/mol. The fourth-order valence-electron chi connectivity index (χ4n) is 1.45. The van der Waals surface area contributed by atoms with Crippen molar-refractivity contribution in [2.75, 3.05) is 6.26 Å². The minimum atomic E-state index is 1.04. The summed E-state index contributed by atoms with van der Waals surface area (Å²) in [5, 5.41) is 0. The van der Waals surface area contributed by atoms with Crippen molar-refractivity contribution in [2.24, 2.45) is 0 Å². The second-order valence-corrected chi connectivity index (χ2v) is 5.38. The first-order chi connectivity index (χ1) is 7.88. The highest BCUT2D eigenvalue weighted by Gasteiger charge is 1.97. The summed E-state index contributed by atoms with van der Waals surface area (Å²) < 4.78 is 0. The lowest BCUT2D eigenvalue weighted by atomic mass is 10.2. The van der Waals surface area contributed by atoms with E-state index in [1.54, 1.807) is 11.8 Å². The summed E-state index contributed by atoms with van der Waals surface area (Å²) in [7, 11) is 0. The van der Waals surface area contributed by atoms with Crippen LogP contribution in [0, 0.1) is 0 Å². The number of rotatable bonds is 4. The van der Waals surface area contributed by atoms with Crippen LogP contribution in [0.4, 0.5) is 0 Å². The van der Waals surface area contributed by atoms with Gasteiger partial charge in [0.2, 0.25) is 0 Å². The van der Waals surface area contributed by atoms with Gasteiger partial charge in [-0.15, -0.1) is 23.5 Å². The first-order valence-electron chi connectivity index (χ1n) is 5.19. The topological polar surface area (TPSA) is 0 Å². The summed E-state index contributed by atoms with van der Waals surface area (Å²) in [5.74, 6) is 1.04. The maximum absolute atomic E-state index is 2.26. The highest BCUT2D eigenvalue weighted by atomic mass is 32.2. The quantitative estimate of drug-likeness (QED) is 0.717. The molecule has 16 heavy (non-hydrogen) atoms. The largest absolute Gasteiger partial charge is 0.130 e. The maximum atomic E-state index is 2.26. The molecule has 0 aromatic heterocycles. The lowest BCUT2D eigenvalue weighted by molar-refractivity contribution is 1.32. The standard InChI is InChI=1S/C14H14S2/c1-15-14-9-5-6-12(10-14)11-16-13-7-3-2-4-8-13/h2-10H,11H2,1H3. The summed E-state index contributed by atoms with van der Waals surface area (Å²) in [6.07, 6.45) is 2.11. The summed E-state index contributed by atoms with van der Waals surface area (Å²) in [5.41, 5.74) is 1.39. The zero-order valence-electron chi connectivity index (χ0n) is 9.22. The molecule has 0 bridgehead atoms. The third-order valence-corrected chi connectivity index (χ3v) is 4.09. The number of hydrogen-bond donors (Lipinski definition) is 0. The van der Waals surface area contributed by atoms with Gasteiger partial charge in [-0.05, 0) is 36.1 Å². The van der Waals surface area contributed by atoms with Gasteiger partial charge in [0.1, 0.15) is 0 Å². The molecule has 0 atom stereocenters. The van der Waals surface area contributed by atoms with Gasteiger partial charge in [0, 0.05) is 15.5 Å². The van der Waals surface area contributed by atoms with Gasteiger partial charge in [-0.2, -0.15) is 0 Å². The second-order valence-electron chi connectivity index (χ2n) is 3.45. The molecule has 0 saturated heterocycles. The van der Waals surface area contributed by atoms with Crippen molar-refractivity contribution in [2.45, 2.75) is 15.5 Å². The molecule has 0 unspecified atom stereocenters. The van der Waals surface area contributed by atoms with Gasteiger partial charge in [-0.25, -0.2) is 0 Å². The Morgan fingerprint density at radius 3 is 2.38 bits per heavy atom. The molecule has 82 valence electrons. The molecule has 0 nitrogen and oxygen atoms in total. The molecule has 0 heterocycles. The van der Waals surface area contributed by atoms with Crippen molar-refractivity contribution in [3.63, 3.8) is 0 Å². The highest BCUT2D eigenvalue weighted by Crippen LogP contribution is 2.24. The van der Waals surface area contributed by atoms with Gasteiger partial charge in [0.25, 0.3) is 0 Å². The van der Waals surface area contributed by atoms with Crippen LogP contribution in [0.2, 0.25) is 0 Å². The number of benzene rings is 2. The SMILES string of the molecule is CSc1cccc(CSc2ccccc2)c1. The lowest BCUT2D eigenvalue weighted by Crippen LogP contribution is -1.81. The molecular formula is C14H14S2. The predicted octanol–water partition coefficient (Wildman–Crippen LogP) is 4.70. The van der Waals surface area contributed by atoms with Crippen molar-refractivity contribution in [1.29, 1.82) is 0 Å². The van der Waals surface area contributed by atoms with Gasteiger partial charge in [0.15, 0.2) is 0 Å². The zero-order chi connectivity index (χ0) is 11.2. The van der Waals surface area contributed by atoms with Crippen molar-refractivity contribution in [3.8, 4) is 0 Å². The maximum Gasteiger partial charge on any atom is 0.0232 e. The molecule has 2 rings (SSSR count). The molecule has 2 aromatic rings. The Balaban J connectivity index is 1.99. The van der Waals surface area contributed by atoms with E-state index in [1.807, 2.05) is 11.8 Å². The van der Waals surface area contributed by atoms with Crippen LogP contribution in [-0.2, 0) is 5.75 Å². The number of thioether (sulfide) groups is 2. The molecule has 2 aromatic carbocycles. The Labute approximate surface area is 105 Å². The van der Waals surface area contributed by atoms with Gasteiger partial charge < -0.3 is 0 Å².